The van der Waals surface area contributed by atoms with E-state index in [1.54, 1.807) is 0 Å². The van der Waals surface area contributed by atoms with E-state index >= 15 is 0 Å². The number of para-hydroxylation sites is 1. The van der Waals surface area contributed by atoms with Crippen LogP contribution >= 0.6 is 0 Å². The normalized spacial score (nSPS) is 22.6. The molecular formula is C19H24N4O. The molecule has 1 aromatic carbocycles. The molecule has 5 nitrogen and oxygen atoms in total. The fourth-order valence-electron chi connectivity index (χ4n) is 4.18. The average molecular weight is 324 g/mol. The molecule has 1 amide bonds. The van der Waals surface area contributed by atoms with E-state index in [0.29, 0.717) is 23.7 Å². The average Bonchev–Trinajstić information content (AvgIpc) is 3.29. The molecule has 2 heterocycles. The third-order valence-corrected chi connectivity index (χ3v) is 5.42. The summed E-state index contributed by atoms with van der Waals surface area (Å²) in [7, 11) is 0. The van der Waals surface area contributed by atoms with Crippen molar-refractivity contribution < 1.29 is 4.79 Å². The van der Waals surface area contributed by atoms with Crippen molar-refractivity contribution in [2.75, 3.05) is 6.54 Å². The molecule has 2 fully saturated rings. The van der Waals surface area contributed by atoms with Crippen molar-refractivity contribution in [1.82, 2.24) is 19.7 Å². The maximum atomic E-state index is 12.8. The number of rotatable bonds is 3. The highest BCUT2D eigenvalue weighted by Crippen LogP contribution is 2.37. The Balaban J connectivity index is 1.67. The minimum Gasteiger partial charge on any atom is -0.333 e. The van der Waals surface area contributed by atoms with Crippen LogP contribution in [0.15, 0.2) is 24.3 Å². The molecule has 1 aliphatic heterocycles. The first-order chi connectivity index (χ1) is 11.5. The number of aryl methyl sites for hydroxylation is 1. The Morgan fingerprint density at radius 3 is 2.71 bits per heavy atom. The van der Waals surface area contributed by atoms with Crippen molar-refractivity contribution >= 4 is 5.91 Å². The second kappa shape index (κ2) is 5.72. The van der Waals surface area contributed by atoms with Crippen molar-refractivity contribution in [1.29, 1.82) is 0 Å². The van der Waals surface area contributed by atoms with Gasteiger partial charge in [-0.15, -0.1) is 5.10 Å². The first-order valence-corrected chi connectivity index (χ1v) is 8.88. The second-order valence-corrected chi connectivity index (χ2v) is 7.40. The van der Waals surface area contributed by atoms with Gasteiger partial charge in [-0.2, -0.15) is 0 Å². The van der Waals surface area contributed by atoms with Gasteiger partial charge in [-0.3, -0.25) is 4.79 Å². The summed E-state index contributed by atoms with van der Waals surface area (Å²) in [5, 5.41) is 4.57. The molecule has 2 aliphatic rings. The number of hydrogen-bond acceptors (Lipinski definition) is 3. The van der Waals surface area contributed by atoms with Crippen molar-refractivity contribution in [2.24, 2.45) is 5.92 Å². The Hall–Kier alpha value is -2.17. The molecule has 4 rings (SSSR count). The van der Waals surface area contributed by atoms with E-state index in [4.69, 9.17) is 0 Å². The van der Waals surface area contributed by atoms with Gasteiger partial charge in [-0.1, -0.05) is 32.0 Å². The summed E-state index contributed by atoms with van der Waals surface area (Å²) in [5.41, 5.74) is 2.23. The number of carbonyl (C=O) groups is 1. The topological polar surface area (TPSA) is 51.0 Å². The highest BCUT2D eigenvalue weighted by atomic mass is 16.2. The van der Waals surface area contributed by atoms with Crippen LogP contribution in [0.3, 0.4) is 0 Å². The number of amides is 1. The lowest BCUT2D eigenvalue weighted by molar-refractivity contribution is 0.0691. The monoisotopic (exact) mass is 324 g/mol. The Bertz CT molecular complexity index is 779. The Morgan fingerprint density at radius 2 is 2.04 bits per heavy atom. The van der Waals surface area contributed by atoms with Crippen LogP contribution in [-0.4, -0.2) is 38.2 Å². The van der Waals surface area contributed by atoms with Gasteiger partial charge in [0.2, 0.25) is 5.82 Å². The molecule has 0 N–H and O–H groups in total. The molecule has 0 spiro atoms. The van der Waals surface area contributed by atoms with Crippen molar-refractivity contribution in [3.05, 3.63) is 41.5 Å². The molecule has 1 saturated heterocycles. The van der Waals surface area contributed by atoms with E-state index in [2.05, 4.69) is 30.0 Å². The molecule has 5 heteroatoms. The Labute approximate surface area is 142 Å². The van der Waals surface area contributed by atoms with Gasteiger partial charge in [-0.05, 0) is 49.7 Å². The smallest absolute Gasteiger partial charge is 0.293 e. The van der Waals surface area contributed by atoms with Gasteiger partial charge in [0.1, 0.15) is 5.82 Å². The molecule has 1 aromatic heterocycles. The highest BCUT2D eigenvalue weighted by Gasteiger charge is 2.41. The number of piperidine rings is 1. The van der Waals surface area contributed by atoms with Crippen LogP contribution in [0.2, 0.25) is 0 Å². The third kappa shape index (κ3) is 2.43. The SMILES string of the molecule is Cc1nc(C(=O)N2C[C@H]3CC[C@H]2C3)nn1-c1ccccc1C(C)C. The minimum absolute atomic E-state index is 0.00826. The van der Waals surface area contributed by atoms with Gasteiger partial charge >= 0.3 is 0 Å². The fourth-order valence-corrected chi connectivity index (χ4v) is 4.18. The molecule has 1 saturated carbocycles. The second-order valence-electron chi connectivity index (χ2n) is 7.40. The van der Waals surface area contributed by atoms with Gasteiger partial charge in [0.05, 0.1) is 5.69 Å². The summed E-state index contributed by atoms with van der Waals surface area (Å²) in [4.78, 5) is 19.3. The zero-order valence-corrected chi connectivity index (χ0v) is 14.6. The summed E-state index contributed by atoms with van der Waals surface area (Å²) in [6.45, 7) is 7.12. The van der Waals surface area contributed by atoms with Crippen molar-refractivity contribution in [3.63, 3.8) is 0 Å². The quantitative estimate of drug-likeness (QED) is 0.870. The van der Waals surface area contributed by atoms with Crippen LogP contribution in [0, 0.1) is 12.8 Å². The molecule has 24 heavy (non-hydrogen) atoms. The number of nitrogens with zero attached hydrogens (tertiary/aromatic N) is 4. The van der Waals surface area contributed by atoms with Crippen LogP contribution in [0.25, 0.3) is 5.69 Å². The maximum absolute atomic E-state index is 12.8. The Kier molecular flexibility index (Phi) is 3.66. The predicted molar refractivity (Wildman–Crippen MR) is 92.4 cm³/mol. The summed E-state index contributed by atoms with van der Waals surface area (Å²) < 4.78 is 1.82. The molecule has 126 valence electrons. The van der Waals surface area contributed by atoms with E-state index < -0.39 is 0 Å². The molecular weight excluding hydrogens is 300 g/mol. The maximum Gasteiger partial charge on any atom is 0.293 e. The van der Waals surface area contributed by atoms with Crippen LogP contribution in [-0.2, 0) is 0 Å². The van der Waals surface area contributed by atoms with Crippen LogP contribution in [0.4, 0.5) is 0 Å². The van der Waals surface area contributed by atoms with Crippen LogP contribution < -0.4 is 0 Å². The van der Waals surface area contributed by atoms with E-state index in [1.165, 1.54) is 12.0 Å². The van der Waals surface area contributed by atoms with E-state index in [1.807, 2.05) is 34.7 Å². The number of aromatic nitrogens is 3. The summed E-state index contributed by atoms with van der Waals surface area (Å²) in [5.74, 6) is 2.16. The van der Waals surface area contributed by atoms with E-state index in [0.717, 1.165) is 30.9 Å². The van der Waals surface area contributed by atoms with Gasteiger partial charge in [0, 0.05) is 12.6 Å². The summed E-state index contributed by atoms with van der Waals surface area (Å²) in [6, 6.07) is 8.60. The zero-order valence-electron chi connectivity index (χ0n) is 14.6. The van der Waals surface area contributed by atoms with Gasteiger partial charge in [0.25, 0.3) is 5.91 Å². The summed E-state index contributed by atoms with van der Waals surface area (Å²) in [6.07, 6.45) is 3.55. The van der Waals surface area contributed by atoms with Gasteiger partial charge < -0.3 is 4.90 Å². The zero-order chi connectivity index (χ0) is 16.8. The molecule has 0 unspecified atom stereocenters. The number of benzene rings is 1. The molecule has 2 atom stereocenters. The summed E-state index contributed by atoms with van der Waals surface area (Å²) >= 11 is 0. The number of fused-ring (bicyclic) bond motifs is 2. The first kappa shape index (κ1) is 15.4. The molecule has 2 bridgehead atoms. The largest absolute Gasteiger partial charge is 0.333 e. The molecule has 0 radical (unpaired) electrons. The lowest BCUT2D eigenvalue weighted by Crippen LogP contribution is -2.38. The van der Waals surface area contributed by atoms with Crippen molar-refractivity contribution in [2.45, 2.75) is 52.0 Å². The first-order valence-electron chi connectivity index (χ1n) is 8.88. The number of likely N-dealkylation sites (tertiary alicyclic amines) is 1. The van der Waals surface area contributed by atoms with Gasteiger partial charge in [0.15, 0.2) is 0 Å². The van der Waals surface area contributed by atoms with E-state index in [-0.39, 0.29) is 5.91 Å². The number of hydrogen-bond donors (Lipinski definition) is 0. The Morgan fingerprint density at radius 1 is 1.25 bits per heavy atom. The lowest BCUT2D eigenvalue weighted by Gasteiger charge is -2.25. The van der Waals surface area contributed by atoms with Crippen LogP contribution in [0.5, 0.6) is 0 Å². The predicted octanol–water partition coefficient (Wildman–Crippen LogP) is 3.32. The standard InChI is InChI=1S/C19H24N4O/c1-12(2)16-6-4-5-7-17(16)23-13(3)20-18(21-23)19(24)22-11-14-8-9-15(22)10-14/h4-7,12,14-15H,8-11H2,1-3H3/t14-,15-/m0/s1. The molecule has 1 aliphatic carbocycles. The highest BCUT2D eigenvalue weighted by molar-refractivity contribution is 5.91. The van der Waals surface area contributed by atoms with E-state index in [9.17, 15) is 4.79 Å². The van der Waals surface area contributed by atoms with Crippen molar-refractivity contribution in [3.8, 4) is 5.69 Å². The van der Waals surface area contributed by atoms with Crippen LogP contribution in [0.1, 0.15) is 61.0 Å². The molecule has 2 aromatic rings. The third-order valence-electron chi connectivity index (χ3n) is 5.42. The lowest BCUT2D eigenvalue weighted by atomic mass is 10.0. The number of carbonyl (C=O) groups excluding carboxylic acids is 1. The fraction of sp³-hybridized carbons (Fsp3) is 0.526. The minimum atomic E-state index is -0.00826. The van der Waals surface area contributed by atoms with Gasteiger partial charge in [-0.25, -0.2) is 9.67 Å².